The average molecular weight is 414 g/mol. The summed E-state index contributed by atoms with van der Waals surface area (Å²) in [6.07, 6.45) is 13.1. The standard InChI is InChI=1S/C25H35NS2/c1-4-6-8-10-12-20-16-24(27-18-20)22-14-15-23(26(22)3)25-17-21(19-28-25)13-11-9-7-5-2/h14-19H,4-13H2,1-3H3. The quantitative estimate of drug-likeness (QED) is 0.262. The molecule has 0 aliphatic carbocycles. The van der Waals surface area contributed by atoms with Crippen molar-refractivity contribution in [2.75, 3.05) is 0 Å². The second-order valence-corrected chi connectivity index (χ2v) is 9.75. The van der Waals surface area contributed by atoms with E-state index in [1.54, 1.807) is 0 Å². The van der Waals surface area contributed by atoms with E-state index in [4.69, 9.17) is 0 Å². The molecule has 0 amide bonds. The Labute approximate surface area is 179 Å². The predicted octanol–water partition coefficient (Wildman–Crippen LogP) is 8.73. The van der Waals surface area contributed by atoms with Crippen LogP contribution in [-0.4, -0.2) is 4.57 Å². The van der Waals surface area contributed by atoms with E-state index in [0.717, 1.165) is 0 Å². The lowest BCUT2D eigenvalue weighted by molar-refractivity contribution is 0.667. The third-order valence-corrected chi connectivity index (χ3v) is 7.58. The molecule has 3 rings (SSSR count). The summed E-state index contributed by atoms with van der Waals surface area (Å²) in [4.78, 5) is 2.80. The number of unbranched alkanes of at least 4 members (excludes halogenated alkanes) is 6. The smallest absolute Gasteiger partial charge is 0.0584 e. The Kier molecular flexibility index (Phi) is 8.42. The summed E-state index contributed by atoms with van der Waals surface area (Å²) in [5.41, 5.74) is 5.70. The molecule has 0 spiro atoms. The van der Waals surface area contributed by atoms with E-state index in [2.05, 4.69) is 60.5 Å². The zero-order valence-electron chi connectivity index (χ0n) is 17.8. The topological polar surface area (TPSA) is 4.93 Å². The minimum absolute atomic E-state index is 1.22. The molecule has 1 nitrogen and oxygen atoms in total. The van der Waals surface area contributed by atoms with Gasteiger partial charge in [0.15, 0.2) is 0 Å². The first kappa shape index (κ1) is 21.4. The summed E-state index contributed by atoms with van der Waals surface area (Å²) in [5, 5.41) is 4.71. The fourth-order valence-corrected chi connectivity index (χ4v) is 5.82. The van der Waals surface area contributed by atoms with Crippen LogP contribution in [0.4, 0.5) is 0 Å². The first-order valence-corrected chi connectivity index (χ1v) is 12.8. The van der Waals surface area contributed by atoms with Gasteiger partial charge in [-0.15, -0.1) is 22.7 Å². The Morgan fingerprint density at radius 1 is 0.679 bits per heavy atom. The second kappa shape index (κ2) is 11.0. The van der Waals surface area contributed by atoms with Crippen molar-refractivity contribution < 1.29 is 0 Å². The first-order valence-electron chi connectivity index (χ1n) is 11.0. The largest absolute Gasteiger partial charge is 0.342 e. The molecule has 0 unspecified atom stereocenters. The molecular formula is C25H35NS2. The fourth-order valence-electron chi connectivity index (χ4n) is 3.80. The highest BCUT2D eigenvalue weighted by molar-refractivity contribution is 7.14. The van der Waals surface area contributed by atoms with Crippen molar-refractivity contribution in [2.45, 2.75) is 78.1 Å². The molecule has 0 aliphatic rings. The lowest BCUT2D eigenvalue weighted by Crippen LogP contribution is -1.92. The van der Waals surface area contributed by atoms with Crippen molar-refractivity contribution in [1.29, 1.82) is 0 Å². The van der Waals surface area contributed by atoms with Crippen LogP contribution in [0.1, 0.15) is 76.3 Å². The number of rotatable bonds is 12. The monoisotopic (exact) mass is 413 g/mol. The molecule has 0 fully saturated rings. The Balaban J connectivity index is 1.64. The van der Waals surface area contributed by atoms with Crippen molar-refractivity contribution in [1.82, 2.24) is 4.57 Å². The fraction of sp³-hybridized carbons (Fsp3) is 0.520. The molecular weight excluding hydrogens is 378 g/mol. The average Bonchev–Trinajstić information content (AvgIpc) is 3.42. The number of thiophene rings is 2. The minimum Gasteiger partial charge on any atom is -0.342 e. The summed E-state index contributed by atoms with van der Waals surface area (Å²) >= 11 is 3.79. The van der Waals surface area contributed by atoms with Crippen LogP contribution in [0.5, 0.6) is 0 Å². The summed E-state index contributed by atoms with van der Waals surface area (Å²) in [6, 6.07) is 9.40. The molecule has 3 heterocycles. The highest BCUT2D eigenvalue weighted by Gasteiger charge is 2.12. The summed E-state index contributed by atoms with van der Waals surface area (Å²) in [6.45, 7) is 4.55. The van der Waals surface area contributed by atoms with Crippen LogP contribution in [0, 0.1) is 0 Å². The van der Waals surface area contributed by atoms with Crippen LogP contribution in [0.2, 0.25) is 0 Å². The lowest BCUT2D eigenvalue weighted by atomic mass is 10.1. The highest BCUT2D eigenvalue weighted by atomic mass is 32.1. The van der Waals surface area contributed by atoms with E-state index in [0.29, 0.717) is 0 Å². The molecule has 3 aromatic rings. The highest BCUT2D eigenvalue weighted by Crippen LogP contribution is 2.35. The van der Waals surface area contributed by atoms with Crippen LogP contribution in [0.3, 0.4) is 0 Å². The molecule has 3 aromatic heterocycles. The molecule has 0 saturated carbocycles. The van der Waals surface area contributed by atoms with Crippen molar-refractivity contribution in [3.05, 3.63) is 46.2 Å². The van der Waals surface area contributed by atoms with Crippen LogP contribution in [-0.2, 0) is 19.9 Å². The van der Waals surface area contributed by atoms with Crippen molar-refractivity contribution in [2.24, 2.45) is 7.05 Å². The number of aromatic nitrogens is 1. The molecule has 0 aromatic carbocycles. The van der Waals surface area contributed by atoms with Gasteiger partial charge < -0.3 is 4.57 Å². The van der Waals surface area contributed by atoms with E-state index < -0.39 is 0 Å². The summed E-state index contributed by atoms with van der Waals surface area (Å²) < 4.78 is 2.37. The molecule has 28 heavy (non-hydrogen) atoms. The lowest BCUT2D eigenvalue weighted by Gasteiger charge is -2.05. The van der Waals surface area contributed by atoms with E-state index in [1.807, 2.05) is 22.7 Å². The molecule has 0 atom stereocenters. The van der Waals surface area contributed by atoms with Crippen LogP contribution in [0.15, 0.2) is 35.0 Å². The van der Waals surface area contributed by atoms with Gasteiger partial charge >= 0.3 is 0 Å². The third kappa shape index (κ3) is 5.61. The third-order valence-electron chi connectivity index (χ3n) is 5.57. The summed E-state index contributed by atoms with van der Waals surface area (Å²) in [5.74, 6) is 0. The maximum absolute atomic E-state index is 2.41. The molecule has 0 radical (unpaired) electrons. The van der Waals surface area contributed by atoms with E-state index in [9.17, 15) is 0 Å². The molecule has 0 saturated heterocycles. The number of nitrogens with zero attached hydrogens (tertiary/aromatic N) is 1. The van der Waals surface area contributed by atoms with Crippen molar-refractivity contribution in [3.8, 4) is 21.1 Å². The molecule has 3 heteroatoms. The van der Waals surface area contributed by atoms with Gasteiger partial charge in [0.1, 0.15) is 0 Å². The molecule has 0 bridgehead atoms. The predicted molar refractivity (Wildman–Crippen MR) is 128 cm³/mol. The van der Waals surface area contributed by atoms with Gasteiger partial charge in [0.2, 0.25) is 0 Å². The Morgan fingerprint density at radius 2 is 1.14 bits per heavy atom. The van der Waals surface area contributed by atoms with Crippen molar-refractivity contribution in [3.63, 3.8) is 0 Å². The zero-order valence-corrected chi connectivity index (χ0v) is 19.4. The maximum Gasteiger partial charge on any atom is 0.0584 e. The van der Waals surface area contributed by atoms with Crippen LogP contribution in [0.25, 0.3) is 21.1 Å². The van der Waals surface area contributed by atoms with Gasteiger partial charge in [0.05, 0.1) is 21.1 Å². The zero-order chi connectivity index (χ0) is 19.8. The first-order chi connectivity index (χ1) is 13.7. The number of aryl methyl sites for hydroxylation is 2. The summed E-state index contributed by atoms with van der Waals surface area (Å²) in [7, 11) is 2.21. The van der Waals surface area contributed by atoms with E-state index in [-0.39, 0.29) is 0 Å². The maximum atomic E-state index is 2.41. The van der Waals surface area contributed by atoms with Gasteiger partial charge in [-0.25, -0.2) is 0 Å². The van der Waals surface area contributed by atoms with Gasteiger partial charge in [0, 0.05) is 7.05 Å². The van der Waals surface area contributed by atoms with E-state index in [1.165, 1.54) is 96.5 Å². The number of hydrogen-bond donors (Lipinski definition) is 0. The van der Waals surface area contributed by atoms with E-state index >= 15 is 0 Å². The molecule has 0 aliphatic heterocycles. The van der Waals surface area contributed by atoms with Crippen LogP contribution < -0.4 is 0 Å². The van der Waals surface area contributed by atoms with Gasteiger partial charge in [-0.1, -0.05) is 52.4 Å². The number of hydrogen-bond acceptors (Lipinski definition) is 2. The molecule has 152 valence electrons. The van der Waals surface area contributed by atoms with Gasteiger partial charge in [-0.05, 0) is 71.8 Å². The van der Waals surface area contributed by atoms with Gasteiger partial charge in [-0.2, -0.15) is 0 Å². The van der Waals surface area contributed by atoms with Crippen molar-refractivity contribution >= 4 is 22.7 Å². The van der Waals surface area contributed by atoms with Gasteiger partial charge in [0.25, 0.3) is 0 Å². The molecule has 0 N–H and O–H groups in total. The normalized spacial score (nSPS) is 11.4. The Morgan fingerprint density at radius 3 is 1.57 bits per heavy atom. The van der Waals surface area contributed by atoms with Gasteiger partial charge in [-0.3, -0.25) is 0 Å². The Bertz CT molecular complexity index is 769. The second-order valence-electron chi connectivity index (χ2n) is 7.92. The SMILES string of the molecule is CCCCCCc1csc(-c2ccc(-c3cc(CCCCCC)cs3)n2C)c1. The minimum atomic E-state index is 1.22. The van der Waals surface area contributed by atoms with Crippen LogP contribution >= 0.6 is 22.7 Å². The Hall–Kier alpha value is -1.32.